The molecule has 4 heteroatoms. The predicted molar refractivity (Wildman–Crippen MR) is 77.6 cm³/mol. The van der Waals surface area contributed by atoms with Gasteiger partial charge in [-0.1, -0.05) is 30.3 Å². The van der Waals surface area contributed by atoms with E-state index in [0.29, 0.717) is 11.5 Å². The third kappa shape index (κ3) is 1.66. The Kier molecular flexibility index (Phi) is 2.29. The van der Waals surface area contributed by atoms with Crippen LogP contribution in [-0.2, 0) is 0 Å². The summed E-state index contributed by atoms with van der Waals surface area (Å²) in [5, 5.41) is 4.31. The average molecular weight is 263 g/mol. The lowest BCUT2D eigenvalue weighted by molar-refractivity contribution is 0.628. The molecule has 0 fully saturated rings. The van der Waals surface area contributed by atoms with Crippen molar-refractivity contribution in [2.24, 2.45) is 10.1 Å². The number of hydrogen-bond acceptors (Lipinski definition) is 2. The zero-order chi connectivity index (χ0) is 13.5. The van der Waals surface area contributed by atoms with Gasteiger partial charge in [-0.15, -0.1) is 0 Å². The quantitative estimate of drug-likeness (QED) is 0.842. The lowest BCUT2D eigenvalue weighted by atomic mass is 10.1. The second-order valence-electron chi connectivity index (χ2n) is 4.66. The van der Waals surface area contributed by atoms with Crippen LogP contribution < -0.4 is 5.43 Å². The van der Waals surface area contributed by atoms with E-state index in [1.165, 1.54) is 12.1 Å². The first kappa shape index (κ1) is 11.1. The number of nitrogens with zero attached hydrogens (tertiary/aromatic N) is 2. The summed E-state index contributed by atoms with van der Waals surface area (Å²) in [6, 6.07) is 14.3. The van der Waals surface area contributed by atoms with E-state index in [9.17, 15) is 4.39 Å². The molecule has 20 heavy (non-hydrogen) atoms. The van der Waals surface area contributed by atoms with Gasteiger partial charge in [-0.3, -0.25) is 5.43 Å². The Morgan fingerprint density at radius 2 is 1.95 bits per heavy atom. The molecule has 1 heterocycles. The van der Waals surface area contributed by atoms with Crippen molar-refractivity contribution in [2.45, 2.75) is 0 Å². The third-order valence-electron chi connectivity index (χ3n) is 3.35. The van der Waals surface area contributed by atoms with E-state index in [0.717, 1.165) is 22.4 Å². The summed E-state index contributed by atoms with van der Waals surface area (Å²) >= 11 is 0. The summed E-state index contributed by atoms with van der Waals surface area (Å²) in [4.78, 5) is 4.43. The topological polar surface area (TPSA) is 36.8 Å². The fraction of sp³-hybridized carbons (Fsp3) is 0. The zero-order valence-corrected chi connectivity index (χ0v) is 10.5. The van der Waals surface area contributed by atoms with Crippen LogP contribution in [0.2, 0.25) is 0 Å². The predicted octanol–water partition coefficient (Wildman–Crippen LogP) is 3.26. The van der Waals surface area contributed by atoms with Gasteiger partial charge in [0.25, 0.3) is 0 Å². The smallest absolute Gasteiger partial charge is 0.156 e. The van der Waals surface area contributed by atoms with Crippen molar-refractivity contribution in [3.63, 3.8) is 0 Å². The highest BCUT2D eigenvalue weighted by Gasteiger charge is 2.28. The fourth-order valence-corrected chi connectivity index (χ4v) is 2.44. The van der Waals surface area contributed by atoms with Gasteiger partial charge in [0, 0.05) is 11.1 Å². The second-order valence-corrected chi connectivity index (χ2v) is 4.66. The van der Waals surface area contributed by atoms with Crippen molar-refractivity contribution in [2.75, 3.05) is 0 Å². The molecule has 4 rings (SSSR count). The fourth-order valence-electron chi connectivity index (χ4n) is 2.44. The number of aliphatic imine (C=N–C) groups is 1. The van der Waals surface area contributed by atoms with Crippen LogP contribution in [-0.4, -0.2) is 11.5 Å². The van der Waals surface area contributed by atoms with Crippen molar-refractivity contribution >= 4 is 23.3 Å². The molecule has 0 radical (unpaired) electrons. The SMILES string of the molecule is Fc1cccc(N=C2NN=C3C2=Cc2ccccc23)c1. The molecular formula is C16H10FN3. The van der Waals surface area contributed by atoms with Crippen molar-refractivity contribution in [3.05, 3.63) is 71.0 Å². The van der Waals surface area contributed by atoms with Gasteiger partial charge in [-0.2, -0.15) is 5.10 Å². The van der Waals surface area contributed by atoms with Crippen LogP contribution in [0.4, 0.5) is 10.1 Å². The second kappa shape index (κ2) is 4.13. The molecule has 1 N–H and O–H groups in total. The maximum Gasteiger partial charge on any atom is 0.156 e. The van der Waals surface area contributed by atoms with Crippen LogP contribution in [0.25, 0.3) is 6.08 Å². The van der Waals surface area contributed by atoms with Crippen LogP contribution in [0, 0.1) is 5.82 Å². The Labute approximate surface area is 115 Å². The number of fused-ring (bicyclic) bond motifs is 3. The first-order valence-electron chi connectivity index (χ1n) is 6.31. The molecule has 0 saturated carbocycles. The highest BCUT2D eigenvalue weighted by molar-refractivity contribution is 6.38. The molecule has 3 nitrogen and oxygen atoms in total. The van der Waals surface area contributed by atoms with E-state index in [1.807, 2.05) is 30.3 Å². The largest absolute Gasteiger partial charge is 0.260 e. The van der Waals surface area contributed by atoms with Gasteiger partial charge in [0.15, 0.2) is 5.84 Å². The lowest BCUT2D eigenvalue weighted by Crippen LogP contribution is -2.12. The molecule has 0 aromatic heterocycles. The standard InChI is InChI=1S/C16H10FN3/c17-11-5-3-6-12(9-11)18-16-14-8-10-4-1-2-7-13(10)15(14)19-20-16/h1-9H,(H,18,20). The lowest BCUT2D eigenvalue weighted by Gasteiger charge is -1.99. The summed E-state index contributed by atoms with van der Waals surface area (Å²) in [5.74, 6) is 0.358. The van der Waals surface area contributed by atoms with Gasteiger partial charge in [0.05, 0.1) is 5.69 Å². The Hall–Kier alpha value is -2.75. The van der Waals surface area contributed by atoms with Crippen molar-refractivity contribution in [1.29, 1.82) is 0 Å². The Bertz CT molecular complexity index is 803. The van der Waals surface area contributed by atoms with Crippen molar-refractivity contribution in [3.8, 4) is 0 Å². The van der Waals surface area contributed by atoms with Crippen LogP contribution in [0.3, 0.4) is 0 Å². The summed E-state index contributed by atoms with van der Waals surface area (Å²) in [6.45, 7) is 0. The minimum Gasteiger partial charge on any atom is -0.260 e. The molecule has 2 aromatic carbocycles. The van der Waals surface area contributed by atoms with Gasteiger partial charge in [0.1, 0.15) is 11.5 Å². The molecular weight excluding hydrogens is 253 g/mol. The summed E-state index contributed by atoms with van der Waals surface area (Å²) in [5.41, 5.74) is 7.57. The maximum absolute atomic E-state index is 13.2. The molecule has 0 unspecified atom stereocenters. The normalized spacial score (nSPS) is 17.4. The van der Waals surface area contributed by atoms with Crippen molar-refractivity contribution < 1.29 is 4.39 Å². The van der Waals surface area contributed by atoms with Gasteiger partial charge >= 0.3 is 0 Å². The molecule has 1 aliphatic carbocycles. The number of hydrogen-bond donors (Lipinski definition) is 1. The number of rotatable bonds is 1. The molecule has 2 aliphatic rings. The van der Waals surface area contributed by atoms with Gasteiger partial charge in [-0.25, -0.2) is 9.38 Å². The van der Waals surface area contributed by atoms with E-state index in [1.54, 1.807) is 12.1 Å². The number of hydrazone groups is 1. The molecule has 0 amide bonds. The van der Waals surface area contributed by atoms with E-state index in [-0.39, 0.29) is 5.82 Å². The van der Waals surface area contributed by atoms with Crippen LogP contribution in [0.1, 0.15) is 11.1 Å². The maximum atomic E-state index is 13.2. The molecule has 1 aliphatic heterocycles. The van der Waals surface area contributed by atoms with E-state index >= 15 is 0 Å². The minimum atomic E-state index is -0.297. The van der Waals surface area contributed by atoms with Crippen LogP contribution in [0.15, 0.2) is 64.2 Å². The monoisotopic (exact) mass is 263 g/mol. The molecule has 96 valence electrons. The highest BCUT2D eigenvalue weighted by atomic mass is 19.1. The average Bonchev–Trinajstić information content (AvgIpc) is 2.99. The summed E-state index contributed by atoms with van der Waals surface area (Å²) in [7, 11) is 0. The van der Waals surface area contributed by atoms with Crippen molar-refractivity contribution in [1.82, 2.24) is 5.43 Å². The molecule has 0 saturated heterocycles. The first-order chi connectivity index (χ1) is 9.81. The Morgan fingerprint density at radius 3 is 2.85 bits per heavy atom. The molecule has 0 atom stereocenters. The molecule has 0 bridgehead atoms. The molecule has 2 aromatic rings. The van der Waals surface area contributed by atoms with E-state index in [2.05, 4.69) is 15.5 Å². The number of nitrogens with one attached hydrogen (secondary N) is 1. The zero-order valence-electron chi connectivity index (χ0n) is 10.5. The van der Waals surface area contributed by atoms with Gasteiger partial charge < -0.3 is 0 Å². The third-order valence-corrected chi connectivity index (χ3v) is 3.35. The Morgan fingerprint density at radius 1 is 1.05 bits per heavy atom. The minimum absolute atomic E-state index is 0.297. The van der Waals surface area contributed by atoms with Crippen LogP contribution >= 0.6 is 0 Å². The Balaban J connectivity index is 1.76. The number of amidine groups is 1. The van der Waals surface area contributed by atoms with Crippen LogP contribution in [0.5, 0.6) is 0 Å². The van der Waals surface area contributed by atoms with Gasteiger partial charge in [-0.05, 0) is 29.8 Å². The highest BCUT2D eigenvalue weighted by Crippen LogP contribution is 2.29. The first-order valence-corrected chi connectivity index (χ1v) is 6.31. The molecule has 0 spiro atoms. The van der Waals surface area contributed by atoms with E-state index < -0.39 is 0 Å². The van der Waals surface area contributed by atoms with E-state index in [4.69, 9.17) is 0 Å². The summed E-state index contributed by atoms with van der Waals surface area (Å²) in [6.07, 6.45) is 2.05. The summed E-state index contributed by atoms with van der Waals surface area (Å²) < 4.78 is 13.2. The number of benzene rings is 2. The van der Waals surface area contributed by atoms with Gasteiger partial charge in [0.2, 0.25) is 0 Å². The number of halogens is 1.